The molecule has 7 nitrogen and oxygen atoms in total. The molecule has 4 N–H and O–H groups in total. The lowest BCUT2D eigenvalue weighted by molar-refractivity contribution is -0.385. The quantitative estimate of drug-likeness (QED) is 0.478. The molecule has 1 unspecified atom stereocenters. The van der Waals surface area contributed by atoms with E-state index in [0.717, 1.165) is 0 Å². The van der Waals surface area contributed by atoms with Crippen LogP contribution in [-0.2, 0) is 11.3 Å². The second-order valence-electron chi connectivity index (χ2n) is 3.46. The van der Waals surface area contributed by atoms with Crippen molar-refractivity contribution in [1.82, 2.24) is 5.32 Å². The van der Waals surface area contributed by atoms with Crippen molar-refractivity contribution in [3.05, 3.63) is 39.9 Å². The Morgan fingerprint density at radius 2 is 2.18 bits per heavy atom. The first-order valence-corrected chi connectivity index (χ1v) is 4.93. The number of hydrogen-bond donors (Lipinski definition) is 3. The number of para-hydroxylation sites is 1. The van der Waals surface area contributed by atoms with Crippen molar-refractivity contribution in [3.8, 4) is 0 Å². The van der Waals surface area contributed by atoms with Gasteiger partial charge in [-0.2, -0.15) is 0 Å². The Morgan fingerprint density at radius 1 is 1.53 bits per heavy atom. The first-order valence-electron chi connectivity index (χ1n) is 4.93. The number of nitrogens with one attached hydrogen (secondary N) is 1. The molecule has 0 saturated carbocycles. The molecule has 1 atom stereocenters. The molecule has 0 saturated heterocycles. The highest BCUT2D eigenvalue weighted by Gasteiger charge is 2.14. The van der Waals surface area contributed by atoms with Gasteiger partial charge in [-0.1, -0.05) is 18.2 Å². The van der Waals surface area contributed by atoms with Crippen LogP contribution in [0.1, 0.15) is 5.56 Å². The summed E-state index contributed by atoms with van der Waals surface area (Å²) in [7, 11) is 0. The molecule has 1 rings (SSSR count). The molecule has 1 aromatic carbocycles. The van der Waals surface area contributed by atoms with E-state index < -0.39 is 16.9 Å². The predicted molar refractivity (Wildman–Crippen MR) is 60.4 cm³/mol. The fourth-order valence-electron chi connectivity index (χ4n) is 1.29. The van der Waals surface area contributed by atoms with Gasteiger partial charge < -0.3 is 16.2 Å². The lowest BCUT2D eigenvalue weighted by atomic mass is 10.2. The van der Waals surface area contributed by atoms with E-state index in [1.807, 2.05) is 0 Å². The summed E-state index contributed by atoms with van der Waals surface area (Å²) in [6.45, 7) is 0.263. The minimum absolute atomic E-state index is 0.00361. The van der Waals surface area contributed by atoms with Gasteiger partial charge in [-0.3, -0.25) is 14.9 Å². The summed E-state index contributed by atoms with van der Waals surface area (Å²) in [6.07, 6.45) is 0. The van der Waals surface area contributed by atoms with E-state index in [4.69, 9.17) is 10.8 Å². The normalized spacial score (nSPS) is 12.1. The molecule has 0 heterocycles. The van der Waals surface area contributed by atoms with Crippen LogP contribution in [0.25, 0.3) is 0 Å². The van der Waals surface area contributed by atoms with E-state index in [2.05, 4.69) is 5.32 Å². The number of nitrogens with two attached hydrogens (primary N) is 1. The van der Waals surface area contributed by atoms with Gasteiger partial charge in [0, 0.05) is 24.7 Å². The Bertz CT molecular complexity index is 422. The number of hydrogen-bond acceptors (Lipinski definition) is 5. The summed E-state index contributed by atoms with van der Waals surface area (Å²) < 4.78 is 0. The summed E-state index contributed by atoms with van der Waals surface area (Å²) in [5.74, 6) is -1.11. The molecule has 0 spiro atoms. The maximum Gasteiger partial charge on any atom is 0.321 e. The van der Waals surface area contributed by atoms with E-state index in [1.54, 1.807) is 18.2 Å². The van der Waals surface area contributed by atoms with E-state index in [-0.39, 0.29) is 18.8 Å². The third-order valence-electron chi connectivity index (χ3n) is 2.19. The van der Waals surface area contributed by atoms with Gasteiger partial charge in [-0.25, -0.2) is 0 Å². The number of carboxylic acid groups (broad SMARTS) is 1. The van der Waals surface area contributed by atoms with E-state index in [0.29, 0.717) is 5.56 Å². The van der Waals surface area contributed by atoms with Crippen LogP contribution in [0.2, 0.25) is 0 Å². The van der Waals surface area contributed by atoms with Crippen LogP contribution in [0.5, 0.6) is 0 Å². The highest BCUT2D eigenvalue weighted by Crippen LogP contribution is 2.16. The second kappa shape index (κ2) is 5.92. The van der Waals surface area contributed by atoms with Crippen LogP contribution in [0.15, 0.2) is 24.3 Å². The van der Waals surface area contributed by atoms with Gasteiger partial charge >= 0.3 is 5.97 Å². The maximum absolute atomic E-state index is 10.7. The molecular formula is C10H13N3O4. The molecule has 0 aliphatic carbocycles. The van der Waals surface area contributed by atoms with Crippen molar-refractivity contribution in [3.63, 3.8) is 0 Å². The summed E-state index contributed by atoms with van der Waals surface area (Å²) in [5.41, 5.74) is 5.78. The maximum atomic E-state index is 10.7. The molecule has 1 aromatic rings. The van der Waals surface area contributed by atoms with Crippen LogP contribution in [0.4, 0.5) is 5.69 Å². The monoisotopic (exact) mass is 239 g/mol. The number of carbonyl (C=O) groups is 1. The van der Waals surface area contributed by atoms with Crippen LogP contribution in [0, 0.1) is 10.1 Å². The summed E-state index contributed by atoms with van der Waals surface area (Å²) in [4.78, 5) is 20.7. The highest BCUT2D eigenvalue weighted by atomic mass is 16.6. The fraction of sp³-hybridized carbons (Fsp3) is 0.300. The number of aliphatic carboxylic acids is 1. The number of nitro groups is 1. The minimum atomic E-state index is -1.11. The first-order chi connectivity index (χ1) is 8.02. The third kappa shape index (κ3) is 3.82. The van der Waals surface area contributed by atoms with Crippen molar-refractivity contribution in [2.75, 3.05) is 6.54 Å². The zero-order valence-electron chi connectivity index (χ0n) is 9.00. The summed E-state index contributed by atoms with van der Waals surface area (Å²) in [5, 5.41) is 22.0. The van der Waals surface area contributed by atoms with Gasteiger partial charge in [0.05, 0.1) is 4.92 Å². The second-order valence-corrected chi connectivity index (χ2v) is 3.46. The molecule has 0 bridgehead atoms. The zero-order valence-corrected chi connectivity index (χ0v) is 9.00. The zero-order chi connectivity index (χ0) is 12.8. The Balaban J connectivity index is 2.58. The smallest absolute Gasteiger partial charge is 0.321 e. The van der Waals surface area contributed by atoms with Gasteiger partial charge in [0.1, 0.15) is 6.04 Å². The number of benzene rings is 1. The molecule has 17 heavy (non-hydrogen) atoms. The van der Waals surface area contributed by atoms with E-state index in [1.165, 1.54) is 6.07 Å². The van der Waals surface area contributed by atoms with Gasteiger partial charge in [0.2, 0.25) is 0 Å². The molecule has 0 aliphatic heterocycles. The van der Waals surface area contributed by atoms with E-state index in [9.17, 15) is 14.9 Å². The molecule has 0 aromatic heterocycles. The summed E-state index contributed by atoms with van der Waals surface area (Å²) in [6, 6.07) is 5.25. The molecule has 7 heteroatoms. The Labute approximate surface area is 97.4 Å². The third-order valence-corrected chi connectivity index (χ3v) is 2.19. The highest BCUT2D eigenvalue weighted by molar-refractivity contribution is 5.73. The molecule has 0 fully saturated rings. The van der Waals surface area contributed by atoms with Crippen LogP contribution in [-0.4, -0.2) is 28.6 Å². The van der Waals surface area contributed by atoms with Crippen LogP contribution < -0.4 is 11.1 Å². The van der Waals surface area contributed by atoms with Crippen molar-refractivity contribution in [1.29, 1.82) is 0 Å². The lowest BCUT2D eigenvalue weighted by Gasteiger charge is -2.08. The first kappa shape index (κ1) is 13.1. The average molecular weight is 239 g/mol. The molecule has 0 radical (unpaired) electrons. The Kier molecular flexibility index (Phi) is 4.56. The topological polar surface area (TPSA) is 118 Å². The molecular weight excluding hydrogens is 226 g/mol. The Morgan fingerprint density at radius 3 is 2.76 bits per heavy atom. The largest absolute Gasteiger partial charge is 0.480 e. The van der Waals surface area contributed by atoms with Gasteiger partial charge in [0.15, 0.2) is 0 Å². The predicted octanol–water partition coefficient (Wildman–Crippen LogP) is 0.0963. The Hall–Kier alpha value is -1.99. The van der Waals surface area contributed by atoms with Crippen molar-refractivity contribution < 1.29 is 14.8 Å². The number of carboxylic acids is 1. The molecule has 0 amide bonds. The average Bonchev–Trinajstić information content (AvgIpc) is 2.29. The van der Waals surface area contributed by atoms with Crippen molar-refractivity contribution >= 4 is 11.7 Å². The standard InChI is InChI=1S/C10H13N3O4/c11-8(10(14)15)6-12-5-7-3-1-2-4-9(7)13(16)17/h1-4,8,12H,5-6,11H2,(H,14,15). The van der Waals surface area contributed by atoms with E-state index >= 15 is 0 Å². The van der Waals surface area contributed by atoms with Crippen LogP contribution >= 0.6 is 0 Å². The molecule has 0 aliphatic rings. The fourth-order valence-corrected chi connectivity index (χ4v) is 1.29. The van der Waals surface area contributed by atoms with Crippen molar-refractivity contribution in [2.24, 2.45) is 5.73 Å². The van der Waals surface area contributed by atoms with Gasteiger partial charge in [-0.05, 0) is 0 Å². The van der Waals surface area contributed by atoms with Crippen LogP contribution in [0.3, 0.4) is 0 Å². The number of nitrogens with zero attached hydrogens (tertiary/aromatic N) is 1. The molecule has 92 valence electrons. The number of nitro benzene ring substituents is 1. The van der Waals surface area contributed by atoms with Crippen molar-refractivity contribution in [2.45, 2.75) is 12.6 Å². The lowest BCUT2D eigenvalue weighted by Crippen LogP contribution is -2.40. The minimum Gasteiger partial charge on any atom is -0.480 e. The SMILES string of the molecule is NC(CNCc1ccccc1[N+](=O)[O-])C(=O)O. The van der Waals surface area contributed by atoms with Gasteiger partial charge in [0.25, 0.3) is 5.69 Å². The van der Waals surface area contributed by atoms with Gasteiger partial charge in [-0.15, -0.1) is 0 Å². The summed E-state index contributed by atoms with van der Waals surface area (Å²) >= 11 is 0. The number of rotatable bonds is 6.